The van der Waals surface area contributed by atoms with E-state index in [0.717, 1.165) is 28.8 Å². The molecule has 1 aromatic carbocycles. The van der Waals surface area contributed by atoms with E-state index in [1.807, 2.05) is 25.1 Å². The van der Waals surface area contributed by atoms with Crippen LogP contribution in [0.4, 0.5) is 0 Å². The average molecular weight is 340 g/mol. The van der Waals surface area contributed by atoms with Crippen LogP contribution in [0.15, 0.2) is 28.9 Å². The second-order valence-corrected chi connectivity index (χ2v) is 5.92. The van der Waals surface area contributed by atoms with E-state index in [0.29, 0.717) is 22.6 Å². The van der Waals surface area contributed by atoms with Crippen LogP contribution in [-0.2, 0) is 0 Å². The molecule has 1 aliphatic carbocycles. The van der Waals surface area contributed by atoms with Gasteiger partial charge in [0.1, 0.15) is 16.2 Å². The minimum absolute atomic E-state index is 0.479. The van der Waals surface area contributed by atoms with Crippen molar-refractivity contribution in [3.05, 3.63) is 45.3 Å². The van der Waals surface area contributed by atoms with Crippen molar-refractivity contribution in [2.24, 2.45) is 0 Å². The molecule has 0 saturated heterocycles. The number of benzene rings is 1. The van der Waals surface area contributed by atoms with E-state index >= 15 is 0 Å². The SMILES string of the molecule is Cc1ccc(Cl)c(Oc2cc(Br)nc(C3CC3)n2)c1. The van der Waals surface area contributed by atoms with Crippen LogP contribution in [0, 0.1) is 6.92 Å². The van der Waals surface area contributed by atoms with Crippen molar-refractivity contribution < 1.29 is 4.74 Å². The Labute approximate surface area is 125 Å². The third-order valence-electron chi connectivity index (χ3n) is 2.93. The van der Waals surface area contributed by atoms with Crippen molar-refractivity contribution in [1.29, 1.82) is 0 Å². The summed E-state index contributed by atoms with van der Waals surface area (Å²) < 4.78 is 6.52. The van der Waals surface area contributed by atoms with Gasteiger partial charge in [0.2, 0.25) is 5.88 Å². The third-order valence-corrected chi connectivity index (χ3v) is 3.65. The second kappa shape index (κ2) is 5.10. The fourth-order valence-corrected chi connectivity index (χ4v) is 2.33. The molecule has 0 amide bonds. The summed E-state index contributed by atoms with van der Waals surface area (Å²) >= 11 is 9.51. The van der Waals surface area contributed by atoms with Gasteiger partial charge in [-0.15, -0.1) is 0 Å². The average Bonchev–Trinajstić information content (AvgIpc) is 3.17. The van der Waals surface area contributed by atoms with E-state index in [-0.39, 0.29) is 0 Å². The third kappa shape index (κ3) is 3.07. The van der Waals surface area contributed by atoms with Gasteiger partial charge in [-0.3, -0.25) is 0 Å². The molecule has 3 rings (SSSR count). The van der Waals surface area contributed by atoms with E-state index in [9.17, 15) is 0 Å². The molecule has 0 radical (unpaired) electrons. The summed E-state index contributed by atoms with van der Waals surface area (Å²) in [6, 6.07) is 7.42. The molecule has 0 bridgehead atoms. The molecular weight excluding hydrogens is 328 g/mol. The lowest BCUT2D eigenvalue weighted by atomic mass is 10.2. The molecule has 0 unspecified atom stereocenters. The molecule has 0 spiro atoms. The number of aromatic nitrogens is 2. The Hall–Kier alpha value is -1.13. The van der Waals surface area contributed by atoms with Gasteiger partial charge in [-0.2, -0.15) is 4.98 Å². The molecule has 0 N–H and O–H groups in total. The first-order valence-electron chi connectivity index (χ1n) is 6.10. The quantitative estimate of drug-likeness (QED) is 0.748. The van der Waals surface area contributed by atoms with Crippen molar-refractivity contribution in [2.45, 2.75) is 25.7 Å². The smallest absolute Gasteiger partial charge is 0.223 e. The summed E-state index contributed by atoms with van der Waals surface area (Å²) in [6.07, 6.45) is 2.31. The predicted molar refractivity (Wildman–Crippen MR) is 78.0 cm³/mol. The first-order chi connectivity index (χ1) is 9.11. The molecule has 1 aliphatic rings. The van der Waals surface area contributed by atoms with Crippen LogP contribution in [0.5, 0.6) is 11.6 Å². The van der Waals surface area contributed by atoms with Crippen LogP contribution in [0.2, 0.25) is 5.02 Å². The summed E-state index contributed by atoms with van der Waals surface area (Å²) in [5.74, 6) is 2.46. The minimum Gasteiger partial charge on any atom is -0.437 e. The zero-order valence-electron chi connectivity index (χ0n) is 10.4. The number of aryl methyl sites for hydroxylation is 1. The highest BCUT2D eigenvalue weighted by Gasteiger charge is 2.27. The topological polar surface area (TPSA) is 35.0 Å². The van der Waals surface area contributed by atoms with Crippen LogP contribution in [0.3, 0.4) is 0 Å². The summed E-state index contributed by atoms with van der Waals surface area (Å²) in [5, 5.41) is 0.577. The summed E-state index contributed by atoms with van der Waals surface area (Å²) in [7, 11) is 0. The Morgan fingerprint density at radius 3 is 2.79 bits per heavy atom. The Morgan fingerprint density at radius 1 is 1.26 bits per heavy atom. The maximum atomic E-state index is 6.12. The number of hydrogen-bond donors (Lipinski definition) is 0. The van der Waals surface area contributed by atoms with Gasteiger partial charge in [0.25, 0.3) is 0 Å². The monoisotopic (exact) mass is 338 g/mol. The zero-order chi connectivity index (χ0) is 13.4. The Kier molecular flexibility index (Phi) is 3.46. The summed E-state index contributed by atoms with van der Waals surface area (Å²) in [6.45, 7) is 1.99. The maximum absolute atomic E-state index is 6.12. The van der Waals surface area contributed by atoms with Gasteiger partial charge in [0.05, 0.1) is 5.02 Å². The normalized spacial score (nSPS) is 14.5. The van der Waals surface area contributed by atoms with Gasteiger partial charge in [-0.1, -0.05) is 17.7 Å². The fourth-order valence-electron chi connectivity index (χ4n) is 1.79. The van der Waals surface area contributed by atoms with Gasteiger partial charge in [0.15, 0.2) is 0 Å². The molecule has 1 aromatic heterocycles. The van der Waals surface area contributed by atoms with Gasteiger partial charge in [-0.05, 0) is 53.4 Å². The van der Waals surface area contributed by atoms with Crippen molar-refractivity contribution in [1.82, 2.24) is 9.97 Å². The lowest BCUT2D eigenvalue weighted by Crippen LogP contribution is -1.97. The van der Waals surface area contributed by atoms with Gasteiger partial charge in [0, 0.05) is 12.0 Å². The molecule has 1 heterocycles. The van der Waals surface area contributed by atoms with Crippen LogP contribution in [0.1, 0.15) is 30.1 Å². The van der Waals surface area contributed by atoms with Crippen LogP contribution < -0.4 is 4.74 Å². The van der Waals surface area contributed by atoms with Crippen molar-refractivity contribution >= 4 is 27.5 Å². The first-order valence-corrected chi connectivity index (χ1v) is 7.27. The van der Waals surface area contributed by atoms with Crippen LogP contribution in [-0.4, -0.2) is 9.97 Å². The van der Waals surface area contributed by atoms with E-state index < -0.39 is 0 Å². The van der Waals surface area contributed by atoms with Gasteiger partial charge >= 0.3 is 0 Å². The Bertz CT molecular complexity index is 629. The van der Waals surface area contributed by atoms with E-state index in [4.69, 9.17) is 16.3 Å². The minimum atomic E-state index is 0.479. The largest absolute Gasteiger partial charge is 0.437 e. The van der Waals surface area contributed by atoms with Crippen molar-refractivity contribution in [3.63, 3.8) is 0 Å². The van der Waals surface area contributed by atoms with Crippen molar-refractivity contribution in [2.75, 3.05) is 0 Å². The molecule has 98 valence electrons. The van der Waals surface area contributed by atoms with Crippen molar-refractivity contribution in [3.8, 4) is 11.6 Å². The highest BCUT2D eigenvalue weighted by atomic mass is 79.9. The Balaban J connectivity index is 1.92. The van der Waals surface area contributed by atoms with Crippen LogP contribution in [0.25, 0.3) is 0 Å². The molecule has 2 aromatic rings. The molecule has 0 aliphatic heterocycles. The highest BCUT2D eigenvalue weighted by Crippen LogP contribution is 2.39. The number of ether oxygens (including phenoxy) is 1. The number of hydrogen-bond acceptors (Lipinski definition) is 3. The summed E-state index contributed by atoms with van der Waals surface area (Å²) in [5.41, 5.74) is 1.09. The second-order valence-electron chi connectivity index (χ2n) is 4.70. The molecule has 1 fully saturated rings. The Morgan fingerprint density at radius 2 is 2.05 bits per heavy atom. The first kappa shape index (κ1) is 12.9. The van der Waals surface area contributed by atoms with Gasteiger partial charge < -0.3 is 4.74 Å². The predicted octanol–water partition coefficient (Wildman–Crippen LogP) is 4.87. The lowest BCUT2D eigenvalue weighted by molar-refractivity contribution is 0.457. The van der Waals surface area contributed by atoms with E-state index in [1.54, 1.807) is 6.07 Å². The molecule has 19 heavy (non-hydrogen) atoms. The number of nitrogens with zero attached hydrogens (tertiary/aromatic N) is 2. The van der Waals surface area contributed by atoms with E-state index in [1.165, 1.54) is 0 Å². The van der Waals surface area contributed by atoms with Crippen LogP contribution >= 0.6 is 27.5 Å². The lowest BCUT2D eigenvalue weighted by Gasteiger charge is -2.09. The molecule has 3 nitrogen and oxygen atoms in total. The summed E-state index contributed by atoms with van der Waals surface area (Å²) in [4.78, 5) is 8.81. The number of rotatable bonds is 3. The standard InChI is InChI=1S/C14H12BrClN2O/c1-8-2-5-10(16)11(6-8)19-13-7-12(15)17-14(18-13)9-3-4-9/h2,5-7,9H,3-4H2,1H3. The highest BCUT2D eigenvalue weighted by molar-refractivity contribution is 9.10. The fraction of sp³-hybridized carbons (Fsp3) is 0.286. The zero-order valence-corrected chi connectivity index (χ0v) is 12.7. The molecule has 5 heteroatoms. The molecule has 0 atom stereocenters. The maximum Gasteiger partial charge on any atom is 0.223 e. The number of halogens is 2. The van der Waals surface area contributed by atoms with Gasteiger partial charge in [-0.25, -0.2) is 4.98 Å². The molecule has 1 saturated carbocycles. The van der Waals surface area contributed by atoms with E-state index in [2.05, 4.69) is 25.9 Å². The molecular formula is C14H12BrClN2O.